The first-order valence-corrected chi connectivity index (χ1v) is 10.2. The number of nitrogens with zero attached hydrogens (tertiary/aromatic N) is 3. The van der Waals surface area contributed by atoms with Crippen molar-refractivity contribution in [1.29, 1.82) is 0 Å². The molecule has 0 aliphatic heterocycles. The van der Waals surface area contributed by atoms with E-state index in [4.69, 9.17) is 23.2 Å². The van der Waals surface area contributed by atoms with Gasteiger partial charge in [-0.25, -0.2) is 9.97 Å². The van der Waals surface area contributed by atoms with Crippen molar-refractivity contribution >= 4 is 82.5 Å². The second kappa shape index (κ2) is 7.36. The van der Waals surface area contributed by atoms with Crippen molar-refractivity contribution in [1.82, 2.24) is 9.97 Å². The van der Waals surface area contributed by atoms with Gasteiger partial charge < -0.3 is 10.6 Å². The summed E-state index contributed by atoms with van der Waals surface area (Å²) in [7, 11) is 0. The highest BCUT2D eigenvalue weighted by atomic mass is 35.5. The Hall–Kier alpha value is -1.93. The summed E-state index contributed by atoms with van der Waals surface area (Å²) < 4.78 is 2.04. The first-order chi connectivity index (χ1) is 12.6. The third kappa shape index (κ3) is 3.76. The van der Waals surface area contributed by atoms with Crippen molar-refractivity contribution in [3.05, 3.63) is 46.4 Å². The number of anilines is 2. The van der Waals surface area contributed by atoms with Crippen LogP contribution < -0.4 is 10.6 Å². The van der Waals surface area contributed by atoms with Crippen LogP contribution in [-0.2, 0) is 0 Å². The summed E-state index contributed by atoms with van der Waals surface area (Å²) in [6, 6.07) is 11.3. The fourth-order valence-corrected chi connectivity index (χ4v) is 4.66. The van der Waals surface area contributed by atoms with Gasteiger partial charge in [0.05, 0.1) is 20.4 Å². The fourth-order valence-electron chi connectivity index (χ4n) is 2.37. The Balaban J connectivity index is 1.59. The molecule has 2 heterocycles. The summed E-state index contributed by atoms with van der Waals surface area (Å²) in [4.78, 5) is 13.6. The molecule has 0 aliphatic rings. The highest BCUT2D eigenvalue weighted by Gasteiger charge is 2.10. The first-order valence-electron chi connectivity index (χ1n) is 7.81. The van der Waals surface area contributed by atoms with Crippen LogP contribution in [0.1, 0.15) is 6.92 Å². The average molecular weight is 422 g/mol. The number of hydrogen-bond donors (Lipinski definition) is 2. The van der Waals surface area contributed by atoms with Gasteiger partial charge in [-0.2, -0.15) is 0 Å². The predicted molar refractivity (Wildman–Crippen MR) is 114 cm³/mol. The Kier molecular flexibility index (Phi) is 4.95. The zero-order valence-electron chi connectivity index (χ0n) is 13.6. The molecule has 132 valence electrons. The SMILES string of the molecule is CCN=C(Nc1nc2ccc(Cl)cc2s1)Nc1nc2ccc(Cl)cc2s1. The third-order valence-corrected chi connectivity index (χ3v) is 5.81. The molecule has 0 bridgehead atoms. The molecule has 0 radical (unpaired) electrons. The van der Waals surface area contributed by atoms with Crippen LogP contribution in [0.2, 0.25) is 10.0 Å². The number of benzene rings is 2. The van der Waals surface area contributed by atoms with Gasteiger partial charge in [-0.3, -0.25) is 4.99 Å². The van der Waals surface area contributed by atoms with Gasteiger partial charge in [0.2, 0.25) is 5.96 Å². The minimum Gasteiger partial charge on any atom is -0.302 e. The van der Waals surface area contributed by atoms with Crippen LogP contribution in [0, 0.1) is 0 Å². The quantitative estimate of drug-likeness (QED) is 0.309. The van der Waals surface area contributed by atoms with Crippen LogP contribution >= 0.6 is 45.9 Å². The van der Waals surface area contributed by atoms with Gasteiger partial charge >= 0.3 is 0 Å². The maximum Gasteiger partial charge on any atom is 0.203 e. The van der Waals surface area contributed by atoms with Crippen LogP contribution in [-0.4, -0.2) is 22.5 Å². The van der Waals surface area contributed by atoms with Gasteiger partial charge in [-0.1, -0.05) is 45.9 Å². The molecule has 0 spiro atoms. The molecule has 0 fully saturated rings. The van der Waals surface area contributed by atoms with Gasteiger partial charge in [0.15, 0.2) is 10.3 Å². The molecule has 0 unspecified atom stereocenters. The van der Waals surface area contributed by atoms with E-state index in [0.29, 0.717) is 22.5 Å². The molecule has 0 amide bonds. The molecule has 2 aromatic carbocycles. The van der Waals surface area contributed by atoms with E-state index in [2.05, 4.69) is 25.6 Å². The zero-order chi connectivity index (χ0) is 18.1. The number of aliphatic imine (C=N–C) groups is 1. The molecule has 5 nitrogen and oxygen atoms in total. The van der Waals surface area contributed by atoms with Crippen molar-refractivity contribution < 1.29 is 0 Å². The number of nitrogens with one attached hydrogen (secondary N) is 2. The number of aromatic nitrogens is 2. The molecule has 0 aliphatic carbocycles. The fraction of sp³-hybridized carbons (Fsp3) is 0.118. The monoisotopic (exact) mass is 421 g/mol. The number of hydrogen-bond acceptors (Lipinski definition) is 5. The molecule has 9 heteroatoms. The largest absolute Gasteiger partial charge is 0.302 e. The maximum absolute atomic E-state index is 6.05. The van der Waals surface area contributed by atoms with Crippen LogP contribution in [0.15, 0.2) is 41.4 Å². The second-order valence-corrected chi connectivity index (χ2v) is 8.27. The highest BCUT2D eigenvalue weighted by Crippen LogP contribution is 2.30. The summed E-state index contributed by atoms with van der Waals surface area (Å²) in [6.45, 7) is 2.60. The van der Waals surface area contributed by atoms with Crippen LogP contribution in [0.25, 0.3) is 20.4 Å². The number of rotatable bonds is 3. The molecule has 4 aromatic rings. The Morgan fingerprint density at radius 1 is 0.923 bits per heavy atom. The maximum atomic E-state index is 6.05. The van der Waals surface area contributed by atoms with E-state index in [1.807, 2.05) is 43.3 Å². The van der Waals surface area contributed by atoms with Crippen molar-refractivity contribution in [2.45, 2.75) is 6.92 Å². The topological polar surface area (TPSA) is 62.2 Å². The lowest BCUT2D eigenvalue weighted by atomic mass is 10.3. The molecule has 4 rings (SSSR count). The normalized spacial score (nSPS) is 11.0. The van der Waals surface area contributed by atoms with E-state index >= 15 is 0 Å². The van der Waals surface area contributed by atoms with E-state index in [1.165, 1.54) is 22.7 Å². The average Bonchev–Trinajstić information content (AvgIpc) is 3.16. The molecule has 2 aromatic heterocycles. The van der Waals surface area contributed by atoms with Crippen LogP contribution in [0.3, 0.4) is 0 Å². The van der Waals surface area contributed by atoms with E-state index in [0.717, 1.165) is 30.7 Å². The lowest BCUT2D eigenvalue weighted by Gasteiger charge is -2.07. The number of guanidine groups is 1. The summed E-state index contributed by atoms with van der Waals surface area (Å²) in [6.07, 6.45) is 0. The van der Waals surface area contributed by atoms with Gasteiger partial charge in [-0.15, -0.1) is 0 Å². The molecular weight excluding hydrogens is 409 g/mol. The van der Waals surface area contributed by atoms with Crippen LogP contribution in [0.4, 0.5) is 10.3 Å². The Morgan fingerprint density at radius 2 is 1.42 bits per heavy atom. The first kappa shape index (κ1) is 17.5. The van der Waals surface area contributed by atoms with E-state index in [-0.39, 0.29) is 0 Å². The molecule has 0 saturated heterocycles. The predicted octanol–water partition coefficient (Wildman–Crippen LogP) is 6.11. The van der Waals surface area contributed by atoms with E-state index in [9.17, 15) is 0 Å². The molecule has 2 N–H and O–H groups in total. The second-order valence-electron chi connectivity index (χ2n) is 5.34. The lowest BCUT2D eigenvalue weighted by molar-refractivity contribution is 1.12. The minimum absolute atomic E-state index is 0.600. The van der Waals surface area contributed by atoms with Gasteiger partial charge in [0, 0.05) is 16.6 Å². The molecule has 0 saturated carbocycles. The molecule has 0 atom stereocenters. The van der Waals surface area contributed by atoms with Crippen molar-refractivity contribution in [2.75, 3.05) is 17.2 Å². The Labute approximate surface area is 167 Å². The van der Waals surface area contributed by atoms with Crippen molar-refractivity contribution in [3.8, 4) is 0 Å². The van der Waals surface area contributed by atoms with Crippen molar-refractivity contribution in [3.63, 3.8) is 0 Å². The van der Waals surface area contributed by atoms with Gasteiger partial charge in [0.1, 0.15) is 0 Å². The minimum atomic E-state index is 0.600. The summed E-state index contributed by atoms with van der Waals surface area (Å²) >= 11 is 15.1. The standard InChI is InChI=1S/C17H13Cl2N5S2/c1-2-20-15(23-16-21-11-5-3-9(18)7-13(11)25-16)24-17-22-12-6-4-10(19)8-14(12)26-17/h3-8H,2H2,1H3,(H2,20,21,22,23,24). The molecular formula is C17H13Cl2N5S2. The molecule has 26 heavy (non-hydrogen) atoms. The number of halogens is 2. The Bertz CT molecular complexity index is 1030. The van der Waals surface area contributed by atoms with Gasteiger partial charge in [0.25, 0.3) is 0 Å². The third-order valence-electron chi connectivity index (χ3n) is 3.47. The summed E-state index contributed by atoms with van der Waals surface area (Å²) in [5, 5.41) is 9.35. The summed E-state index contributed by atoms with van der Waals surface area (Å²) in [5.41, 5.74) is 1.79. The number of thiazole rings is 2. The number of fused-ring (bicyclic) bond motifs is 2. The lowest BCUT2D eigenvalue weighted by Crippen LogP contribution is -2.22. The van der Waals surface area contributed by atoms with Crippen molar-refractivity contribution in [2.24, 2.45) is 4.99 Å². The van der Waals surface area contributed by atoms with E-state index in [1.54, 1.807) is 0 Å². The smallest absolute Gasteiger partial charge is 0.203 e. The van der Waals surface area contributed by atoms with Gasteiger partial charge in [-0.05, 0) is 43.3 Å². The summed E-state index contributed by atoms with van der Waals surface area (Å²) in [5.74, 6) is 0.600. The zero-order valence-corrected chi connectivity index (χ0v) is 16.7. The highest BCUT2D eigenvalue weighted by molar-refractivity contribution is 7.23. The Morgan fingerprint density at radius 3 is 1.88 bits per heavy atom. The van der Waals surface area contributed by atoms with Crippen LogP contribution in [0.5, 0.6) is 0 Å². The van der Waals surface area contributed by atoms with E-state index < -0.39 is 0 Å².